The van der Waals surface area contributed by atoms with Crippen LogP contribution in [-0.4, -0.2) is 25.6 Å². The van der Waals surface area contributed by atoms with Gasteiger partial charge in [-0.15, -0.1) is 0 Å². The number of esters is 1. The van der Waals surface area contributed by atoms with Crippen molar-refractivity contribution in [1.82, 2.24) is 0 Å². The molecule has 24 heavy (non-hydrogen) atoms. The molecule has 0 saturated carbocycles. The molecule has 0 heterocycles. The third-order valence-corrected chi connectivity index (χ3v) is 3.26. The summed E-state index contributed by atoms with van der Waals surface area (Å²) in [4.78, 5) is 23.4. The summed E-state index contributed by atoms with van der Waals surface area (Å²) >= 11 is 0. The minimum absolute atomic E-state index is 0.133. The van der Waals surface area contributed by atoms with Crippen LogP contribution in [0.4, 0.5) is 10.1 Å². The summed E-state index contributed by atoms with van der Waals surface area (Å²) in [7, 11) is 1.56. The van der Waals surface area contributed by atoms with Gasteiger partial charge in [-0.3, -0.25) is 9.59 Å². The Morgan fingerprint density at radius 1 is 1.12 bits per heavy atom. The van der Waals surface area contributed by atoms with Crippen molar-refractivity contribution in [3.05, 3.63) is 59.9 Å². The number of hydrogen-bond donors (Lipinski definition) is 1. The van der Waals surface area contributed by atoms with Gasteiger partial charge in [0.25, 0.3) is 5.91 Å². The van der Waals surface area contributed by atoms with E-state index in [-0.39, 0.29) is 6.42 Å². The van der Waals surface area contributed by atoms with Gasteiger partial charge in [0.05, 0.1) is 7.11 Å². The fourth-order valence-corrected chi connectivity index (χ4v) is 2.13. The largest absolute Gasteiger partial charge is 0.496 e. The number of aryl methyl sites for hydroxylation is 1. The summed E-state index contributed by atoms with van der Waals surface area (Å²) in [5.74, 6) is -0.766. The molecule has 0 aliphatic heterocycles. The molecular formula is C18H18FNO4. The van der Waals surface area contributed by atoms with E-state index < -0.39 is 24.3 Å². The van der Waals surface area contributed by atoms with Gasteiger partial charge < -0.3 is 14.8 Å². The van der Waals surface area contributed by atoms with E-state index in [0.29, 0.717) is 17.9 Å². The highest BCUT2D eigenvalue weighted by atomic mass is 19.1. The van der Waals surface area contributed by atoms with Gasteiger partial charge in [-0.2, -0.15) is 0 Å². The van der Waals surface area contributed by atoms with E-state index in [1.807, 2.05) is 24.3 Å². The molecule has 2 aromatic carbocycles. The number of benzene rings is 2. The second-order valence-electron chi connectivity index (χ2n) is 5.03. The number of nitrogens with one attached hydrogen (secondary N) is 1. The maximum atomic E-state index is 13.0. The van der Waals surface area contributed by atoms with Gasteiger partial charge in [0.1, 0.15) is 11.6 Å². The maximum absolute atomic E-state index is 13.0. The van der Waals surface area contributed by atoms with Crippen molar-refractivity contribution in [3.8, 4) is 5.75 Å². The lowest BCUT2D eigenvalue weighted by Gasteiger charge is -2.08. The van der Waals surface area contributed by atoms with Gasteiger partial charge >= 0.3 is 5.97 Å². The molecule has 0 aromatic heterocycles. The van der Waals surface area contributed by atoms with Crippen LogP contribution in [0.5, 0.6) is 5.75 Å². The van der Waals surface area contributed by atoms with Crippen molar-refractivity contribution in [2.24, 2.45) is 0 Å². The van der Waals surface area contributed by atoms with Gasteiger partial charge in [-0.25, -0.2) is 4.39 Å². The van der Waals surface area contributed by atoms with E-state index in [1.165, 1.54) is 18.2 Å². The van der Waals surface area contributed by atoms with Crippen LogP contribution in [0.25, 0.3) is 0 Å². The number of para-hydroxylation sites is 1. The Morgan fingerprint density at radius 2 is 1.92 bits per heavy atom. The predicted molar refractivity (Wildman–Crippen MR) is 87.3 cm³/mol. The molecule has 6 heteroatoms. The Labute approximate surface area is 139 Å². The first-order valence-corrected chi connectivity index (χ1v) is 7.41. The molecular weight excluding hydrogens is 313 g/mol. The number of amides is 1. The van der Waals surface area contributed by atoms with Gasteiger partial charge in [-0.05, 0) is 36.2 Å². The topological polar surface area (TPSA) is 64.6 Å². The zero-order chi connectivity index (χ0) is 17.4. The minimum atomic E-state index is -0.522. The van der Waals surface area contributed by atoms with Gasteiger partial charge in [0.2, 0.25) is 0 Å². The minimum Gasteiger partial charge on any atom is -0.496 e. The number of halogens is 1. The predicted octanol–water partition coefficient (Wildman–Crippen LogP) is 2.95. The fraction of sp³-hybridized carbons (Fsp3) is 0.222. The molecule has 0 fully saturated rings. The molecule has 0 aliphatic rings. The van der Waals surface area contributed by atoms with Crippen LogP contribution in [0.15, 0.2) is 48.5 Å². The van der Waals surface area contributed by atoms with Crippen LogP contribution in [0.3, 0.4) is 0 Å². The number of anilines is 1. The van der Waals surface area contributed by atoms with Gasteiger partial charge in [0, 0.05) is 12.1 Å². The molecule has 0 saturated heterocycles. The van der Waals surface area contributed by atoms with Crippen molar-refractivity contribution in [1.29, 1.82) is 0 Å². The molecule has 2 aromatic rings. The molecule has 0 spiro atoms. The van der Waals surface area contributed by atoms with Crippen LogP contribution in [-0.2, 0) is 20.7 Å². The third kappa shape index (κ3) is 5.39. The molecule has 0 atom stereocenters. The monoisotopic (exact) mass is 331 g/mol. The lowest BCUT2D eigenvalue weighted by molar-refractivity contribution is -0.147. The van der Waals surface area contributed by atoms with Crippen molar-refractivity contribution in [3.63, 3.8) is 0 Å². The van der Waals surface area contributed by atoms with Gasteiger partial charge in [0.15, 0.2) is 6.61 Å². The zero-order valence-electron chi connectivity index (χ0n) is 13.3. The zero-order valence-corrected chi connectivity index (χ0v) is 13.3. The number of hydrogen-bond acceptors (Lipinski definition) is 4. The lowest BCUT2D eigenvalue weighted by atomic mass is 10.1. The summed E-state index contributed by atoms with van der Waals surface area (Å²) in [5.41, 5.74) is 1.20. The van der Waals surface area contributed by atoms with E-state index in [9.17, 15) is 14.0 Å². The van der Waals surface area contributed by atoms with Crippen LogP contribution in [0.1, 0.15) is 12.0 Å². The third-order valence-electron chi connectivity index (χ3n) is 3.26. The van der Waals surface area contributed by atoms with E-state index >= 15 is 0 Å². The number of ether oxygens (including phenoxy) is 2. The quantitative estimate of drug-likeness (QED) is 0.792. The highest BCUT2D eigenvalue weighted by Crippen LogP contribution is 2.18. The van der Waals surface area contributed by atoms with Gasteiger partial charge in [-0.1, -0.05) is 24.3 Å². The summed E-state index contributed by atoms with van der Waals surface area (Å²) in [6.07, 6.45) is 0.585. The molecule has 0 aliphatic carbocycles. The van der Waals surface area contributed by atoms with Crippen LogP contribution >= 0.6 is 0 Å². The molecule has 0 bridgehead atoms. The first kappa shape index (κ1) is 17.5. The average molecular weight is 331 g/mol. The molecule has 2 rings (SSSR count). The van der Waals surface area contributed by atoms with Crippen LogP contribution in [0, 0.1) is 5.82 Å². The second kappa shape index (κ2) is 8.67. The fourth-order valence-electron chi connectivity index (χ4n) is 2.13. The van der Waals surface area contributed by atoms with Crippen molar-refractivity contribution in [2.75, 3.05) is 19.0 Å². The van der Waals surface area contributed by atoms with E-state index in [0.717, 1.165) is 5.56 Å². The van der Waals surface area contributed by atoms with Crippen LogP contribution in [0.2, 0.25) is 0 Å². The molecule has 5 nitrogen and oxygen atoms in total. The smallest absolute Gasteiger partial charge is 0.306 e. The first-order valence-electron chi connectivity index (χ1n) is 7.41. The number of methoxy groups -OCH3 is 1. The summed E-state index contributed by atoms with van der Waals surface area (Å²) in [6.45, 7) is -0.415. The van der Waals surface area contributed by atoms with Crippen molar-refractivity contribution in [2.45, 2.75) is 12.8 Å². The van der Waals surface area contributed by atoms with E-state index in [2.05, 4.69) is 5.32 Å². The highest BCUT2D eigenvalue weighted by Gasteiger charge is 2.10. The summed E-state index contributed by atoms with van der Waals surface area (Å²) in [5, 5.41) is 2.45. The first-order chi connectivity index (χ1) is 11.6. The Kier molecular flexibility index (Phi) is 6.31. The average Bonchev–Trinajstić information content (AvgIpc) is 2.58. The molecule has 0 radical (unpaired) electrons. The number of rotatable bonds is 7. The van der Waals surface area contributed by atoms with E-state index in [4.69, 9.17) is 9.47 Å². The maximum Gasteiger partial charge on any atom is 0.306 e. The number of carbonyl (C=O) groups is 2. The number of carbonyl (C=O) groups excluding carboxylic acids is 2. The van der Waals surface area contributed by atoms with E-state index in [1.54, 1.807) is 13.2 Å². The molecule has 126 valence electrons. The van der Waals surface area contributed by atoms with Crippen molar-refractivity contribution >= 4 is 17.6 Å². The Bertz CT molecular complexity index is 718. The Balaban J connectivity index is 1.75. The molecule has 1 amide bonds. The standard InChI is InChI=1S/C18H18FNO4/c1-23-16-8-3-2-5-13(16)9-10-18(22)24-12-17(21)20-15-7-4-6-14(19)11-15/h2-8,11H,9-10,12H2,1H3,(H,20,21). The molecule has 1 N–H and O–H groups in total. The SMILES string of the molecule is COc1ccccc1CCC(=O)OCC(=O)Nc1cccc(F)c1. The highest BCUT2D eigenvalue weighted by molar-refractivity contribution is 5.92. The summed E-state index contributed by atoms with van der Waals surface area (Å²) in [6, 6.07) is 12.9. The normalized spacial score (nSPS) is 10.1. The second-order valence-corrected chi connectivity index (χ2v) is 5.03. The lowest BCUT2D eigenvalue weighted by Crippen LogP contribution is -2.21. The summed E-state index contributed by atoms with van der Waals surface area (Å²) < 4.78 is 23.1. The Morgan fingerprint density at radius 3 is 2.67 bits per heavy atom. The molecule has 0 unspecified atom stereocenters. The Hall–Kier alpha value is -2.89. The van der Waals surface area contributed by atoms with Crippen molar-refractivity contribution < 1.29 is 23.5 Å². The van der Waals surface area contributed by atoms with Crippen LogP contribution < -0.4 is 10.1 Å².